The number of morpholine rings is 1. The molecule has 1 fully saturated rings. The molecule has 0 aliphatic carbocycles. The number of rotatable bonds is 2. The Morgan fingerprint density at radius 3 is 2.84 bits per heavy atom. The second-order valence-corrected chi connectivity index (χ2v) is 5.41. The molecule has 1 N–H and O–H groups in total. The van der Waals surface area contributed by atoms with Gasteiger partial charge >= 0.3 is 5.97 Å². The van der Waals surface area contributed by atoms with Gasteiger partial charge in [-0.1, -0.05) is 0 Å². The smallest absolute Gasteiger partial charge is 0.350 e. The van der Waals surface area contributed by atoms with E-state index >= 15 is 0 Å². The van der Waals surface area contributed by atoms with E-state index < -0.39 is 0 Å². The van der Waals surface area contributed by atoms with Crippen LogP contribution in [0.15, 0.2) is 5.38 Å². The van der Waals surface area contributed by atoms with Crippen molar-refractivity contribution >= 4 is 40.3 Å². The minimum atomic E-state index is -0.342. The van der Waals surface area contributed by atoms with Gasteiger partial charge in [-0.3, -0.25) is 0 Å². The number of nitrogens with one attached hydrogen (secondary N) is 1. The lowest BCUT2D eigenvalue weighted by Gasteiger charge is -2.29. The first-order chi connectivity index (χ1) is 9.13. The molecule has 2 heterocycles. The van der Waals surface area contributed by atoms with Gasteiger partial charge < -0.3 is 19.7 Å². The lowest BCUT2D eigenvalue weighted by Crippen LogP contribution is -2.43. The Labute approximate surface area is 121 Å². The van der Waals surface area contributed by atoms with Crippen LogP contribution in [0.3, 0.4) is 0 Å². The number of thiocarbonyl (C=S) groups is 1. The van der Waals surface area contributed by atoms with Crippen LogP contribution in [0.1, 0.15) is 15.2 Å². The van der Waals surface area contributed by atoms with Gasteiger partial charge in [0.1, 0.15) is 4.88 Å². The molecule has 2 rings (SSSR count). The van der Waals surface area contributed by atoms with E-state index in [1.807, 2.05) is 17.2 Å². The van der Waals surface area contributed by atoms with Gasteiger partial charge in [0.25, 0.3) is 0 Å². The first-order valence-corrected chi connectivity index (χ1v) is 7.22. The third kappa shape index (κ3) is 3.23. The zero-order chi connectivity index (χ0) is 13.8. The van der Waals surface area contributed by atoms with Crippen LogP contribution in [0, 0.1) is 6.92 Å². The Morgan fingerprint density at radius 1 is 1.53 bits per heavy atom. The van der Waals surface area contributed by atoms with Gasteiger partial charge in [0.05, 0.1) is 26.0 Å². The van der Waals surface area contributed by atoms with Crippen LogP contribution in [0.25, 0.3) is 0 Å². The van der Waals surface area contributed by atoms with Gasteiger partial charge in [0, 0.05) is 13.1 Å². The molecule has 0 unspecified atom stereocenters. The number of methoxy groups -OCH3 is 1. The largest absolute Gasteiger partial charge is 0.465 e. The Hall–Kier alpha value is -1.18. The van der Waals surface area contributed by atoms with Crippen molar-refractivity contribution < 1.29 is 14.3 Å². The minimum Gasteiger partial charge on any atom is -0.465 e. The summed E-state index contributed by atoms with van der Waals surface area (Å²) in [5.41, 5.74) is 1.73. The average Bonchev–Trinajstić information content (AvgIpc) is 2.80. The first kappa shape index (κ1) is 14.2. The van der Waals surface area contributed by atoms with E-state index in [2.05, 4.69) is 5.32 Å². The second kappa shape index (κ2) is 6.31. The van der Waals surface area contributed by atoms with E-state index in [4.69, 9.17) is 21.7 Å². The van der Waals surface area contributed by atoms with Crippen LogP contribution < -0.4 is 5.32 Å². The molecule has 1 aliphatic rings. The molecule has 5 nitrogen and oxygen atoms in total. The van der Waals surface area contributed by atoms with Crippen molar-refractivity contribution in [1.82, 2.24) is 4.90 Å². The first-order valence-electron chi connectivity index (χ1n) is 5.93. The predicted molar refractivity (Wildman–Crippen MR) is 79.0 cm³/mol. The molecular formula is C12H16N2O3S2. The number of esters is 1. The quantitative estimate of drug-likeness (QED) is 0.665. The van der Waals surface area contributed by atoms with Crippen molar-refractivity contribution in [2.24, 2.45) is 0 Å². The number of aryl methyl sites for hydroxylation is 1. The molecule has 0 aromatic carbocycles. The Morgan fingerprint density at radius 2 is 2.21 bits per heavy atom. The van der Waals surface area contributed by atoms with Crippen molar-refractivity contribution in [3.8, 4) is 0 Å². The van der Waals surface area contributed by atoms with E-state index in [1.165, 1.54) is 18.4 Å². The summed E-state index contributed by atoms with van der Waals surface area (Å²) in [5, 5.41) is 5.69. The molecule has 1 aromatic heterocycles. The van der Waals surface area contributed by atoms with Gasteiger partial charge in [-0.25, -0.2) is 4.79 Å². The molecule has 19 heavy (non-hydrogen) atoms. The standard InChI is InChI=1S/C12H16N2O3S2/c1-8-7-19-10(11(15)16-2)9(8)13-12(18)14-3-5-17-6-4-14/h7H,3-6H2,1-2H3,(H,13,18). The number of hydrogen-bond acceptors (Lipinski definition) is 5. The molecular weight excluding hydrogens is 284 g/mol. The lowest BCUT2D eigenvalue weighted by atomic mass is 10.2. The average molecular weight is 300 g/mol. The van der Waals surface area contributed by atoms with Crippen molar-refractivity contribution in [2.75, 3.05) is 38.7 Å². The summed E-state index contributed by atoms with van der Waals surface area (Å²) >= 11 is 6.73. The Bertz CT molecular complexity index is 481. The Kier molecular flexibility index (Phi) is 4.73. The zero-order valence-corrected chi connectivity index (χ0v) is 12.5. The molecule has 104 valence electrons. The van der Waals surface area contributed by atoms with Crippen LogP contribution in [-0.2, 0) is 9.47 Å². The van der Waals surface area contributed by atoms with Gasteiger partial charge in [-0.15, -0.1) is 11.3 Å². The number of thiophene rings is 1. The van der Waals surface area contributed by atoms with Crippen molar-refractivity contribution in [1.29, 1.82) is 0 Å². The van der Waals surface area contributed by atoms with E-state index in [1.54, 1.807) is 0 Å². The zero-order valence-electron chi connectivity index (χ0n) is 10.9. The van der Waals surface area contributed by atoms with Crippen molar-refractivity contribution in [2.45, 2.75) is 6.92 Å². The number of hydrogen-bond donors (Lipinski definition) is 1. The van der Waals surface area contributed by atoms with Gasteiger partial charge in [-0.05, 0) is 30.1 Å². The molecule has 0 amide bonds. The van der Waals surface area contributed by atoms with Crippen LogP contribution in [0.5, 0.6) is 0 Å². The van der Waals surface area contributed by atoms with E-state index in [0.29, 0.717) is 23.2 Å². The number of anilines is 1. The fraction of sp³-hybridized carbons (Fsp3) is 0.500. The molecule has 0 radical (unpaired) electrons. The monoisotopic (exact) mass is 300 g/mol. The predicted octanol–water partition coefficient (Wildman–Crippen LogP) is 1.87. The summed E-state index contributed by atoms with van der Waals surface area (Å²) < 4.78 is 10.1. The van der Waals surface area contributed by atoms with E-state index in [9.17, 15) is 4.79 Å². The molecule has 0 saturated carbocycles. The molecule has 1 saturated heterocycles. The summed E-state index contributed by atoms with van der Waals surface area (Å²) in [4.78, 5) is 14.3. The van der Waals surface area contributed by atoms with E-state index in [-0.39, 0.29) is 5.97 Å². The maximum atomic E-state index is 11.7. The van der Waals surface area contributed by atoms with Crippen molar-refractivity contribution in [3.63, 3.8) is 0 Å². The summed E-state index contributed by atoms with van der Waals surface area (Å²) in [6.45, 7) is 4.82. The number of nitrogens with zero attached hydrogens (tertiary/aromatic N) is 1. The fourth-order valence-electron chi connectivity index (χ4n) is 1.79. The topological polar surface area (TPSA) is 50.8 Å². The highest BCUT2D eigenvalue weighted by atomic mass is 32.1. The maximum Gasteiger partial charge on any atom is 0.350 e. The van der Waals surface area contributed by atoms with Crippen LogP contribution in [0.2, 0.25) is 0 Å². The second-order valence-electron chi connectivity index (χ2n) is 4.14. The highest BCUT2D eigenvalue weighted by Crippen LogP contribution is 2.28. The molecule has 0 spiro atoms. The van der Waals surface area contributed by atoms with Gasteiger partial charge in [-0.2, -0.15) is 0 Å². The maximum absolute atomic E-state index is 11.7. The number of carbonyl (C=O) groups excluding carboxylic acids is 1. The minimum absolute atomic E-state index is 0.342. The molecule has 7 heteroatoms. The number of carbonyl (C=O) groups is 1. The third-order valence-corrected chi connectivity index (χ3v) is 4.31. The summed E-state index contributed by atoms with van der Waals surface area (Å²) in [5.74, 6) is -0.342. The normalized spacial score (nSPS) is 15.2. The SMILES string of the molecule is COC(=O)c1scc(C)c1NC(=S)N1CCOCC1. The lowest BCUT2D eigenvalue weighted by molar-refractivity contribution is 0.0607. The van der Waals surface area contributed by atoms with Gasteiger partial charge in [0.15, 0.2) is 5.11 Å². The Balaban J connectivity index is 2.11. The fourth-order valence-corrected chi connectivity index (χ4v) is 3.00. The summed E-state index contributed by atoms with van der Waals surface area (Å²) in [7, 11) is 1.38. The van der Waals surface area contributed by atoms with Gasteiger partial charge in [0.2, 0.25) is 0 Å². The summed E-state index contributed by atoms with van der Waals surface area (Å²) in [6, 6.07) is 0. The van der Waals surface area contributed by atoms with Crippen LogP contribution in [0.4, 0.5) is 5.69 Å². The van der Waals surface area contributed by atoms with Crippen LogP contribution >= 0.6 is 23.6 Å². The third-order valence-electron chi connectivity index (χ3n) is 2.88. The summed E-state index contributed by atoms with van der Waals surface area (Å²) in [6.07, 6.45) is 0. The molecule has 1 aliphatic heterocycles. The highest BCUT2D eigenvalue weighted by Gasteiger charge is 2.20. The molecule has 1 aromatic rings. The van der Waals surface area contributed by atoms with Crippen LogP contribution in [-0.4, -0.2) is 49.4 Å². The molecule has 0 atom stereocenters. The van der Waals surface area contributed by atoms with E-state index in [0.717, 1.165) is 24.3 Å². The van der Waals surface area contributed by atoms with Crippen molar-refractivity contribution in [3.05, 3.63) is 15.8 Å². The highest BCUT2D eigenvalue weighted by molar-refractivity contribution is 7.80. The number of ether oxygens (including phenoxy) is 2. The molecule has 0 bridgehead atoms.